The van der Waals surface area contributed by atoms with Crippen molar-refractivity contribution in [1.29, 1.82) is 0 Å². The van der Waals surface area contributed by atoms with E-state index in [0.29, 0.717) is 24.0 Å². The normalized spacial score (nSPS) is 21.3. The predicted octanol–water partition coefficient (Wildman–Crippen LogP) is 1.88. The van der Waals surface area contributed by atoms with Crippen LogP contribution >= 0.6 is 0 Å². The molecule has 1 aromatic carbocycles. The molecule has 5 nitrogen and oxygen atoms in total. The van der Waals surface area contributed by atoms with Crippen LogP contribution in [0.3, 0.4) is 0 Å². The predicted molar refractivity (Wildman–Crippen MR) is 82.9 cm³/mol. The lowest BCUT2D eigenvalue weighted by atomic mass is 10.2. The highest BCUT2D eigenvalue weighted by molar-refractivity contribution is 7.89. The van der Waals surface area contributed by atoms with Crippen LogP contribution in [0.25, 0.3) is 0 Å². The van der Waals surface area contributed by atoms with Gasteiger partial charge in [-0.15, -0.1) is 0 Å². The van der Waals surface area contributed by atoms with Crippen molar-refractivity contribution in [3.8, 4) is 5.75 Å². The first kappa shape index (κ1) is 16.3. The van der Waals surface area contributed by atoms with Crippen LogP contribution in [0.4, 0.5) is 0 Å². The van der Waals surface area contributed by atoms with Gasteiger partial charge in [0.05, 0.1) is 11.5 Å². The molecule has 2 rings (SSSR count). The van der Waals surface area contributed by atoms with E-state index in [0.717, 1.165) is 24.2 Å². The summed E-state index contributed by atoms with van der Waals surface area (Å²) in [7, 11) is -1.62. The first-order valence-electron chi connectivity index (χ1n) is 7.44. The van der Waals surface area contributed by atoms with Gasteiger partial charge in [-0.1, -0.05) is 13.3 Å². The number of rotatable bonds is 8. The van der Waals surface area contributed by atoms with Crippen molar-refractivity contribution in [2.75, 3.05) is 13.7 Å². The number of nitrogens with one attached hydrogen (secondary N) is 2. The lowest BCUT2D eigenvalue weighted by Crippen LogP contribution is -2.27. The zero-order valence-electron chi connectivity index (χ0n) is 12.8. The minimum atomic E-state index is -3.45. The second kappa shape index (κ2) is 6.77. The largest absolute Gasteiger partial charge is 0.494 e. The van der Waals surface area contributed by atoms with Gasteiger partial charge in [0, 0.05) is 18.2 Å². The van der Waals surface area contributed by atoms with Crippen molar-refractivity contribution in [2.45, 2.75) is 44.2 Å². The number of hydrogen-bond donors (Lipinski definition) is 2. The number of sulfonamides is 1. The number of hydrogen-bond acceptors (Lipinski definition) is 4. The van der Waals surface area contributed by atoms with E-state index in [-0.39, 0.29) is 6.04 Å². The zero-order chi connectivity index (χ0) is 15.5. The highest BCUT2D eigenvalue weighted by Gasteiger charge is 2.38. The Morgan fingerprint density at radius 3 is 2.67 bits per heavy atom. The molecule has 2 N–H and O–H groups in total. The molecule has 1 aliphatic carbocycles. The van der Waals surface area contributed by atoms with Crippen molar-refractivity contribution >= 4 is 10.0 Å². The zero-order valence-corrected chi connectivity index (χ0v) is 13.7. The summed E-state index contributed by atoms with van der Waals surface area (Å²) in [6, 6.07) is 5.12. The molecular formula is C15H24N2O3S. The lowest BCUT2D eigenvalue weighted by Gasteiger charge is -2.13. The highest BCUT2D eigenvalue weighted by atomic mass is 32.2. The Labute approximate surface area is 127 Å². The van der Waals surface area contributed by atoms with Crippen LogP contribution in [0, 0.1) is 5.92 Å². The van der Waals surface area contributed by atoms with Crippen molar-refractivity contribution in [3.63, 3.8) is 0 Å². The fraction of sp³-hybridized carbons (Fsp3) is 0.600. The third-order valence-corrected chi connectivity index (χ3v) is 5.25. The van der Waals surface area contributed by atoms with Gasteiger partial charge in [-0.2, -0.15) is 0 Å². The van der Waals surface area contributed by atoms with Gasteiger partial charge < -0.3 is 10.1 Å². The van der Waals surface area contributed by atoms with Crippen LogP contribution < -0.4 is 14.8 Å². The Hall–Kier alpha value is -1.11. The molecule has 118 valence electrons. The van der Waals surface area contributed by atoms with E-state index in [1.807, 2.05) is 14.0 Å². The summed E-state index contributed by atoms with van der Waals surface area (Å²) in [5, 5.41) is 3.04. The quantitative estimate of drug-likeness (QED) is 0.769. The van der Waals surface area contributed by atoms with Crippen molar-refractivity contribution < 1.29 is 13.2 Å². The molecule has 2 unspecified atom stereocenters. The highest BCUT2D eigenvalue weighted by Crippen LogP contribution is 2.34. The second-order valence-corrected chi connectivity index (χ2v) is 7.08. The van der Waals surface area contributed by atoms with Crippen molar-refractivity contribution in [3.05, 3.63) is 23.8 Å². The van der Waals surface area contributed by atoms with Gasteiger partial charge in [0.1, 0.15) is 5.75 Å². The molecule has 0 radical (unpaired) electrons. The average molecular weight is 312 g/mol. The van der Waals surface area contributed by atoms with E-state index < -0.39 is 10.0 Å². The molecule has 6 heteroatoms. The Morgan fingerprint density at radius 2 is 2.10 bits per heavy atom. The van der Waals surface area contributed by atoms with Crippen molar-refractivity contribution in [1.82, 2.24) is 10.0 Å². The van der Waals surface area contributed by atoms with Gasteiger partial charge in [0.15, 0.2) is 0 Å². The summed E-state index contributed by atoms with van der Waals surface area (Å²) in [4.78, 5) is 0.304. The minimum Gasteiger partial charge on any atom is -0.494 e. The molecule has 1 aliphatic rings. The van der Waals surface area contributed by atoms with Crippen LogP contribution in [0.15, 0.2) is 23.1 Å². The van der Waals surface area contributed by atoms with Crippen molar-refractivity contribution in [2.24, 2.45) is 5.92 Å². The maximum atomic E-state index is 12.4. The van der Waals surface area contributed by atoms with E-state index in [2.05, 4.69) is 17.0 Å². The Kier molecular flexibility index (Phi) is 5.24. The molecule has 0 bridgehead atoms. The third-order valence-electron chi connectivity index (χ3n) is 3.76. The van der Waals surface area contributed by atoms with E-state index in [1.54, 1.807) is 18.2 Å². The molecular weight excluding hydrogens is 288 g/mol. The lowest BCUT2D eigenvalue weighted by molar-refractivity contribution is 0.335. The monoisotopic (exact) mass is 312 g/mol. The van der Waals surface area contributed by atoms with E-state index >= 15 is 0 Å². The SMILES string of the molecule is CCOc1ccc(S(=O)(=O)NC2CC2CC)cc1CNC. The summed E-state index contributed by atoms with van der Waals surface area (Å²) < 4.78 is 33.1. The van der Waals surface area contributed by atoms with Crippen LogP contribution in [0.1, 0.15) is 32.3 Å². The van der Waals surface area contributed by atoms with Gasteiger partial charge in [0.25, 0.3) is 0 Å². The summed E-state index contributed by atoms with van der Waals surface area (Å²) in [6.07, 6.45) is 1.96. The van der Waals surface area contributed by atoms with Gasteiger partial charge in [-0.25, -0.2) is 13.1 Å². The third kappa shape index (κ3) is 3.96. The summed E-state index contributed by atoms with van der Waals surface area (Å²) in [5.74, 6) is 1.21. The molecule has 0 spiro atoms. The molecule has 0 aliphatic heterocycles. The van der Waals surface area contributed by atoms with Crippen LogP contribution in [0.2, 0.25) is 0 Å². The Balaban J connectivity index is 2.20. The molecule has 21 heavy (non-hydrogen) atoms. The first-order valence-corrected chi connectivity index (χ1v) is 8.92. The maximum absolute atomic E-state index is 12.4. The summed E-state index contributed by atoms with van der Waals surface area (Å²) in [5.41, 5.74) is 0.852. The summed E-state index contributed by atoms with van der Waals surface area (Å²) >= 11 is 0. The topological polar surface area (TPSA) is 67.4 Å². The molecule has 0 aromatic heterocycles. The van der Waals surface area contributed by atoms with Gasteiger partial charge >= 0.3 is 0 Å². The van der Waals surface area contributed by atoms with Gasteiger partial charge in [-0.05, 0) is 44.5 Å². The minimum absolute atomic E-state index is 0.0966. The Morgan fingerprint density at radius 1 is 1.33 bits per heavy atom. The number of ether oxygens (including phenoxy) is 1. The van der Waals surface area contributed by atoms with Crippen LogP contribution in [-0.2, 0) is 16.6 Å². The smallest absolute Gasteiger partial charge is 0.240 e. The fourth-order valence-electron chi connectivity index (χ4n) is 2.46. The Bertz CT molecular complexity index is 587. The van der Waals surface area contributed by atoms with Gasteiger partial charge in [-0.3, -0.25) is 0 Å². The van der Waals surface area contributed by atoms with E-state index in [1.165, 1.54) is 0 Å². The van der Waals surface area contributed by atoms with Gasteiger partial charge in [0.2, 0.25) is 10.0 Å². The molecule has 1 aromatic rings. The summed E-state index contributed by atoms with van der Waals surface area (Å²) in [6.45, 7) is 5.12. The average Bonchev–Trinajstić information content (AvgIpc) is 3.18. The maximum Gasteiger partial charge on any atom is 0.240 e. The second-order valence-electron chi connectivity index (χ2n) is 5.36. The molecule has 1 fully saturated rings. The standard InChI is InChI=1S/C15H24N2O3S/c1-4-11-9-14(11)17-21(18,19)13-6-7-15(20-5-2)12(8-13)10-16-3/h6-8,11,14,16-17H,4-5,9-10H2,1-3H3. The van der Waals surface area contributed by atoms with E-state index in [4.69, 9.17) is 4.74 Å². The number of benzene rings is 1. The molecule has 0 amide bonds. The molecule has 2 atom stereocenters. The molecule has 0 heterocycles. The molecule has 1 saturated carbocycles. The fourth-order valence-corrected chi connectivity index (χ4v) is 3.83. The molecule has 0 saturated heterocycles. The van der Waals surface area contributed by atoms with Crippen LogP contribution in [-0.4, -0.2) is 28.1 Å². The first-order chi connectivity index (χ1) is 10.0. The van der Waals surface area contributed by atoms with E-state index in [9.17, 15) is 8.42 Å². The van der Waals surface area contributed by atoms with Crippen LogP contribution in [0.5, 0.6) is 5.75 Å².